The number of ether oxygens (including phenoxy) is 1. The summed E-state index contributed by atoms with van der Waals surface area (Å²) in [5.41, 5.74) is 0. The van der Waals surface area contributed by atoms with Gasteiger partial charge in [0.15, 0.2) is 0 Å². The molecular formula is C13H17BrClNO. The van der Waals surface area contributed by atoms with E-state index >= 15 is 0 Å². The molecule has 94 valence electrons. The number of hydrogen-bond acceptors (Lipinski definition) is 2. The van der Waals surface area contributed by atoms with E-state index in [-0.39, 0.29) is 0 Å². The first kappa shape index (κ1) is 13.2. The Morgan fingerprint density at radius 3 is 3.00 bits per heavy atom. The van der Waals surface area contributed by atoms with Crippen LogP contribution in [-0.2, 0) is 0 Å². The molecule has 1 heterocycles. The molecule has 2 rings (SSSR count). The highest BCUT2D eigenvalue weighted by Crippen LogP contribution is 2.27. The van der Waals surface area contributed by atoms with Crippen molar-refractivity contribution in [2.24, 2.45) is 0 Å². The molecule has 0 radical (unpaired) electrons. The smallest absolute Gasteiger partial charge is 0.137 e. The van der Waals surface area contributed by atoms with Crippen LogP contribution in [0.4, 0.5) is 0 Å². The normalized spacial score (nSPS) is 20.2. The highest BCUT2D eigenvalue weighted by atomic mass is 79.9. The molecule has 2 nitrogen and oxygen atoms in total. The van der Waals surface area contributed by atoms with Crippen molar-refractivity contribution in [3.8, 4) is 5.75 Å². The minimum atomic E-state index is 0.609. The first-order valence-corrected chi connectivity index (χ1v) is 7.24. The molecule has 0 aliphatic carbocycles. The van der Waals surface area contributed by atoms with Gasteiger partial charge in [-0.3, -0.25) is 0 Å². The fraction of sp³-hybridized carbons (Fsp3) is 0.538. The minimum Gasteiger partial charge on any atom is -0.492 e. The van der Waals surface area contributed by atoms with E-state index in [0.717, 1.165) is 29.8 Å². The van der Waals surface area contributed by atoms with Crippen LogP contribution in [-0.4, -0.2) is 19.2 Å². The molecule has 1 aliphatic heterocycles. The molecule has 0 bridgehead atoms. The zero-order valence-corrected chi connectivity index (χ0v) is 12.1. The van der Waals surface area contributed by atoms with Gasteiger partial charge in [0, 0.05) is 10.5 Å². The average Bonchev–Trinajstić information content (AvgIpc) is 2.33. The largest absolute Gasteiger partial charge is 0.492 e. The summed E-state index contributed by atoms with van der Waals surface area (Å²) >= 11 is 9.46. The van der Waals surface area contributed by atoms with E-state index in [0.29, 0.717) is 11.1 Å². The third-order valence-corrected chi connectivity index (χ3v) is 3.82. The number of rotatable bonds is 4. The Hall–Kier alpha value is -0.250. The molecule has 1 aliphatic rings. The maximum absolute atomic E-state index is 6.08. The average molecular weight is 319 g/mol. The summed E-state index contributed by atoms with van der Waals surface area (Å²) in [6.07, 6.45) is 4.94. The van der Waals surface area contributed by atoms with Crippen LogP contribution in [0.25, 0.3) is 0 Å². The van der Waals surface area contributed by atoms with Crippen LogP contribution >= 0.6 is 27.5 Å². The molecule has 0 amide bonds. The molecule has 0 aromatic heterocycles. The summed E-state index contributed by atoms with van der Waals surface area (Å²) in [7, 11) is 0. The Bertz CT molecular complexity index is 366. The molecule has 4 heteroatoms. The SMILES string of the molecule is Clc1cc(Br)ccc1OCC[C@@H]1CCCCN1. The first-order valence-electron chi connectivity index (χ1n) is 6.07. The van der Waals surface area contributed by atoms with Crippen molar-refractivity contribution < 1.29 is 4.74 Å². The van der Waals surface area contributed by atoms with Gasteiger partial charge in [-0.1, -0.05) is 34.0 Å². The van der Waals surface area contributed by atoms with Crippen molar-refractivity contribution in [2.45, 2.75) is 31.7 Å². The number of halogens is 2. The highest BCUT2D eigenvalue weighted by molar-refractivity contribution is 9.10. The van der Waals surface area contributed by atoms with E-state index in [2.05, 4.69) is 21.2 Å². The van der Waals surface area contributed by atoms with Gasteiger partial charge in [0.2, 0.25) is 0 Å². The predicted octanol–water partition coefficient (Wildman–Crippen LogP) is 4.01. The van der Waals surface area contributed by atoms with E-state index in [9.17, 15) is 0 Å². The Morgan fingerprint density at radius 1 is 1.41 bits per heavy atom. The van der Waals surface area contributed by atoms with Gasteiger partial charge in [-0.15, -0.1) is 0 Å². The van der Waals surface area contributed by atoms with Gasteiger partial charge in [0.1, 0.15) is 5.75 Å². The second-order valence-corrected chi connectivity index (χ2v) is 5.68. The lowest BCUT2D eigenvalue weighted by Crippen LogP contribution is -2.35. The van der Waals surface area contributed by atoms with Gasteiger partial charge < -0.3 is 10.1 Å². The van der Waals surface area contributed by atoms with Crippen LogP contribution in [0.3, 0.4) is 0 Å². The Morgan fingerprint density at radius 2 is 2.29 bits per heavy atom. The zero-order chi connectivity index (χ0) is 12.1. The molecule has 17 heavy (non-hydrogen) atoms. The van der Waals surface area contributed by atoms with Gasteiger partial charge in [-0.25, -0.2) is 0 Å². The fourth-order valence-corrected chi connectivity index (χ4v) is 2.80. The Labute approximate surface area is 116 Å². The Balaban J connectivity index is 1.77. The van der Waals surface area contributed by atoms with Crippen molar-refractivity contribution >= 4 is 27.5 Å². The minimum absolute atomic E-state index is 0.609. The third kappa shape index (κ3) is 4.16. The Kier molecular flexibility index (Phi) is 5.14. The number of nitrogens with one attached hydrogen (secondary N) is 1. The van der Waals surface area contributed by atoms with Crippen molar-refractivity contribution in [3.05, 3.63) is 27.7 Å². The number of benzene rings is 1. The summed E-state index contributed by atoms with van der Waals surface area (Å²) in [6, 6.07) is 6.31. The molecule has 0 unspecified atom stereocenters. The van der Waals surface area contributed by atoms with Gasteiger partial charge >= 0.3 is 0 Å². The van der Waals surface area contributed by atoms with Crippen molar-refractivity contribution in [1.82, 2.24) is 5.32 Å². The van der Waals surface area contributed by atoms with Crippen LogP contribution in [0.2, 0.25) is 5.02 Å². The number of piperidine rings is 1. The molecule has 1 saturated heterocycles. The van der Waals surface area contributed by atoms with Crippen molar-refractivity contribution in [3.63, 3.8) is 0 Å². The topological polar surface area (TPSA) is 21.3 Å². The maximum Gasteiger partial charge on any atom is 0.137 e. The van der Waals surface area contributed by atoms with E-state index in [1.54, 1.807) is 0 Å². The van der Waals surface area contributed by atoms with E-state index < -0.39 is 0 Å². The van der Waals surface area contributed by atoms with Gasteiger partial charge in [0.05, 0.1) is 11.6 Å². The lowest BCUT2D eigenvalue weighted by molar-refractivity contribution is 0.268. The summed E-state index contributed by atoms with van der Waals surface area (Å²) in [4.78, 5) is 0. The van der Waals surface area contributed by atoms with Crippen LogP contribution in [0.5, 0.6) is 5.75 Å². The van der Waals surface area contributed by atoms with E-state index in [1.807, 2.05) is 18.2 Å². The molecular weight excluding hydrogens is 302 g/mol. The summed E-state index contributed by atoms with van der Waals surface area (Å²) < 4.78 is 6.68. The molecule has 1 aromatic carbocycles. The summed E-state index contributed by atoms with van der Waals surface area (Å²) in [5.74, 6) is 0.769. The zero-order valence-electron chi connectivity index (χ0n) is 9.72. The standard InChI is InChI=1S/C13H17BrClNO/c14-10-4-5-13(12(15)9-10)17-8-6-11-3-1-2-7-16-11/h4-5,9,11,16H,1-3,6-8H2/t11-/m0/s1. The van der Waals surface area contributed by atoms with E-state index in [4.69, 9.17) is 16.3 Å². The van der Waals surface area contributed by atoms with Gasteiger partial charge in [-0.2, -0.15) is 0 Å². The molecule has 0 saturated carbocycles. The van der Waals surface area contributed by atoms with Crippen LogP contribution in [0.1, 0.15) is 25.7 Å². The third-order valence-electron chi connectivity index (χ3n) is 3.03. The van der Waals surface area contributed by atoms with E-state index in [1.165, 1.54) is 19.3 Å². The highest BCUT2D eigenvalue weighted by Gasteiger charge is 2.12. The quantitative estimate of drug-likeness (QED) is 0.905. The number of hydrogen-bond donors (Lipinski definition) is 1. The first-order chi connectivity index (χ1) is 8.25. The molecule has 1 atom stereocenters. The molecule has 1 N–H and O–H groups in total. The van der Waals surface area contributed by atoms with Crippen LogP contribution in [0.15, 0.2) is 22.7 Å². The van der Waals surface area contributed by atoms with Crippen molar-refractivity contribution in [1.29, 1.82) is 0 Å². The predicted molar refractivity (Wildman–Crippen MR) is 74.9 cm³/mol. The van der Waals surface area contributed by atoms with Crippen LogP contribution in [0, 0.1) is 0 Å². The van der Waals surface area contributed by atoms with Gasteiger partial charge in [-0.05, 0) is 44.0 Å². The summed E-state index contributed by atoms with van der Waals surface area (Å²) in [6.45, 7) is 1.86. The van der Waals surface area contributed by atoms with Crippen molar-refractivity contribution in [2.75, 3.05) is 13.2 Å². The summed E-state index contributed by atoms with van der Waals surface area (Å²) in [5, 5.41) is 4.17. The second kappa shape index (κ2) is 6.62. The molecule has 1 fully saturated rings. The monoisotopic (exact) mass is 317 g/mol. The van der Waals surface area contributed by atoms with Crippen LogP contribution < -0.4 is 10.1 Å². The van der Waals surface area contributed by atoms with Gasteiger partial charge in [0.25, 0.3) is 0 Å². The lowest BCUT2D eigenvalue weighted by atomic mass is 10.0. The lowest BCUT2D eigenvalue weighted by Gasteiger charge is -2.23. The second-order valence-electron chi connectivity index (χ2n) is 4.36. The molecule has 0 spiro atoms. The maximum atomic E-state index is 6.08. The fourth-order valence-electron chi connectivity index (χ4n) is 2.07. The molecule has 1 aromatic rings.